The standard InChI is InChI=1S/C30H47FO/c1-3-5-7-24-8-10-25(11-9-24)12-13-26-14-16-27(17-15-26)18-19-28-20-21-30(29(31)23-28)32-22-6-4-2/h16,20-21,23-26H,3-15,17-19,22H2,1-2H3/t24-,25-,26?. The maximum atomic E-state index is 14.3. The smallest absolute Gasteiger partial charge is 0.165 e. The number of benzene rings is 1. The van der Waals surface area contributed by atoms with Crippen molar-refractivity contribution in [2.24, 2.45) is 17.8 Å². The second-order valence-corrected chi connectivity index (χ2v) is 10.6. The Hall–Kier alpha value is -1.31. The van der Waals surface area contributed by atoms with Crippen molar-refractivity contribution in [2.45, 2.75) is 117 Å². The molecule has 0 aromatic heterocycles. The van der Waals surface area contributed by atoms with Crippen molar-refractivity contribution in [2.75, 3.05) is 6.61 Å². The van der Waals surface area contributed by atoms with Gasteiger partial charge in [0.05, 0.1) is 6.61 Å². The highest BCUT2D eigenvalue weighted by Crippen LogP contribution is 2.37. The van der Waals surface area contributed by atoms with Crippen LogP contribution >= 0.6 is 0 Å². The molecule has 1 saturated carbocycles. The summed E-state index contributed by atoms with van der Waals surface area (Å²) in [6.45, 7) is 5.03. The molecule has 1 unspecified atom stereocenters. The first-order valence-electron chi connectivity index (χ1n) is 13.8. The molecular weight excluding hydrogens is 395 g/mol. The lowest BCUT2D eigenvalue weighted by Gasteiger charge is -2.30. The number of rotatable bonds is 13. The van der Waals surface area contributed by atoms with Gasteiger partial charge < -0.3 is 4.74 Å². The molecular formula is C30H47FO. The first kappa shape index (κ1) is 25.3. The maximum Gasteiger partial charge on any atom is 0.165 e. The average Bonchev–Trinajstić information content (AvgIpc) is 2.83. The van der Waals surface area contributed by atoms with Gasteiger partial charge in [-0.15, -0.1) is 0 Å². The Bertz CT molecular complexity index is 686. The van der Waals surface area contributed by atoms with E-state index >= 15 is 0 Å². The maximum absolute atomic E-state index is 14.3. The average molecular weight is 443 g/mol. The Morgan fingerprint density at radius 1 is 0.844 bits per heavy atom. The van der Waals surface area contributed by atoms with E-state index < -0.39 is 0 Å². The van der Waals surface area contributed by atoms with Crippen molar-refractivity contribution in [1.82, 2.24) is 0 Å². The highest BCUT2D eigenvalue weighted by Gasteiger charge is 2.22. The van der Waals surface area contributed by atoms with Crippen molar-refractivity contribution in [1.29, 1.82) is 0 Å². The van der Waals surface area contributed by atoms with Crippen LogP contribution in [0.25, 0.3) is 0 Å². The molecule has 32 heavy (non-hydrogen) atoms. The van der Waals surface area contributed by atoms with Crippen molar-refractivity contribution < 1.29 is 9.13 Å². The number of hydrogen-bond donors (Lipinski definition) is 0. The molecule has 0 radical (unpaired) electrons. The summed E-state index contributed by atoms with van der Waals surface area (Å²) >= 11 is 0. The molecule has 1 aromatic carbocycles. The van der Waals surface area contributed by atoms with Gasteiger partial charge in [0.2, 0.25) is 0 Å². The zero-order valence-corrected chi connectivity index (χ0v) is 20.8. The fourth-order valence-electron chi connectivity index (χ4n) is 5.65. The molecule has 2 heteroatoms. The molecule has 180 valence electrons. The van der Waals surface area contributed by atoms with Crippen LogP contribution in [-0.2, 0) is 6.42 Å². The molecule has 0 saturated heterocycles. The lowest BCUT2D eigenvalue weighted by molar-refractivity contribution is 0.235. The van der Waals surface area contributed by atoms with Gasteiger partial charge in [0.25, 0.3) is 0 Å². The highest BCUT2D eigenvalue weighted by molar-refractivity contribution is 5.30. The zero-order chi connectivity index (χ0) is 22.6. The van der Waals surface area contributed by atoms with E-state index in [0.717, 1.165) is 49.0 Å². The van der Waals surface area contributed by atoms with Crippen molar-refractivity contribution >= 4 is 0 Å². The van der Waals surface area contributed by atoms with Gasteiger partial charge in [-0.25, -0.2) is 4.39 Å². The summed E-state index contributed by atoms with van der Waals surface area (Å²) < 4.78 is 19.8. The van der Waals surface area contributed by atoms with Gasteiger partial charge in [0.15, 0.2) is 11.6 Å². The van der Waals surface area contributed by atoms with E-state index in [-0.39, 0.29) is 5.82 Å². The first-order chi connectivity index (χ1) is 15.7. The van der Waals surface area contributed by atoms with E-state index in [1.807, 2.05) is 12.1 Å². The molecule has 0 bridgehead atoms. The highest BCUT2D eigenvalue weighted by atomic mass is 19.1. The van der Waals surface area contributed by atoms with Crippen LogP contribution in [0.5, 0.6) is 5.75 Å². The Labute approximate surface area is 197 Å². The van der Waals surface area contributed by atoms with E-state index in [2.05, 4.69) is 19.9 Å². The first-order valence-corrected chi connectivity index (χ1v) is 13.8. The largest absolute Gasteiger partial charge is 0.491 e. The van der Waals surface area contributed by atoms with Gasteiger partial charge in [-0.2, -0.15) is 0 Å². The predicted molar refractivity (Wildman–Crippen MR) is 135 cm³/mol. The number of aryl methyl sites for hydroxylation is 1. The fourth-order valence-corrected chi connectivity index (χ4v) is 5.65. The minimum atomic E-state index is -0.212. The summed E-state index contributed by atoms with van der Waals surface area (Å²) in [4.78, 5) is 0. The summed E-state index contributed by atoms with van der Waals surface area (Å²) in [5.41, 5.74) is 2.67. The normalized spacial score (nSPS) is 23.7. The third kappa shape index (κ3) is 8.56. The number of hydrogen-bond acceptors (Lipinski definition) is 1. The SMILES string of the molecule is CCCCOc1ccc(CCC2=CCC(CC[C@H]3CC[C@H](CCCC)CC3)CC2)cc1F. The lowest BCUT2D eigenvalue weighted by Crippen LogP contribution is -2.16. The van der Waals surface area contributed by atoms with E-state index in [0.29, 0.717) is 12.4 Å². The zero-order valence-electron chi connectivity index (χ0n) is 20.8. The summed E-state index contributed by atoms with van der Waals surface area (Å²) in [5, 5.41) is 0. The molecule has 0 N–H and O–H groups in total. The van der Waals surface area contributed by atoms with Gasteiger partial charge in [-0.05, 0) is 80.4 Å². The van der Waals surface area contributed by atoms with Crippen LogP contribution in [0.3, 0.4) is 0 Å². The Morgan fingerprint density at radius 3 is 2.22 bits per heavy atom. The van der Waals surface area contributed by atoms with Gasteiger partial charge in [-0.3, -0.25) is 0 Å². The monoisotopic (exact) mass is 442 g/mol. The Balaban J connectivity index is 1.32. The number of unbranched alkanes of at least 4 members (excludes halogenated alkanes) is 2. The number of allylic oxidation sites excluding steroid dienone is 2. The van der Waals surface area contributed by atoms with Crippen LogP contribution in [-0.4, -0.2) is 6.61 Å². The second kappa shape index (κ2) is 14.1. The second-order valence-electron chi connectivity index (χ2n) is 10.6. The van der Waals surface area contributed by atoms with Crippen LogP contribution in [0.1, 0.15) is 116 Å². The molecule has 0 heterocycles. The van der Waals surface area contributed by atoms with E-state index in [4.69, 9.17) is 4.74 Å². The number of halogens is 1. The predicted octanol–water partition coefficient (Wildman–Crippen LogP) is 9.44. The van der Waals surface area contributed by atoms with Crippen molar-refractivity contribution in [3.8, 4) is 5.75 Å². The van der Waals surface area contributed by atoms with Crippen molar-refractivity contribution in [3.05, 3.63) is 41.2 Å². The van der Waals surface area contributed by atoms with Gasteiger partial charge in [-0.1, -0.05) is 89.4 Å². The summed E-state index contributed by atoms with van der Waals surface area (Å²) in [7, 11) is 0. The molecule has 1 nitrogen and oxygen atoms in total. The molecule has 2 aliphatic rings. The quantitative estimate of drug-likeness (QED) is 0.218. The third-order valence-corrected chi connectivity index (χ3v) is 8.02. The molecule has 2 aliphatic carbocycles. The molecule has 1 atom stereocenters. The molecule has 1 fully saturated rings. The van der Waals surface area contributed by atoms with E-state index in [9.17, 15) is 4.39 Å². The summed E-state index contributed by atoms with van der Waals surface area (Å²) in [6.07, 6.45) is 23.5. The molecule has 3 rings (SSSR count). The van der Waals surface area contributed by atoms with E-state index in [1.165, 1.54) is 77.0 Å². The van der Waals surface area contributed by atoms with Gasteiger partial charge in [0.1, 0.15) is 0 Å². The Kier molecular flexibility index (Phi) is 11.1. The minimum Gasteiger partial charge on any atom is -0.491 e. The van der Waals surface area contributed by atoms with Gasteiger partial charge >= 0.3 is 0 Å². The summed E-state index contributed by atoms with van der Waals surface area (Å²) in [5.74, 6) is 3.12. The third-order valence-electron chi connectivity index (χ3n) is 8.02. The fraction of sp³-hybridized carbons (Fsp3) is 0.733. The van der Waals surface area contributed by atoms with Crippen LogP contribution in [0.4, 0.5) is 4.39 Å². The Morgan fingerprint density at radius 2 is 1.56 bits per heavy atom. The van der Waals surface area contributed by atoms with E-state index in [1.54, 1.807) is 11.6 Å². The van der Waals surface area contributed by atoms with Crippen LogP contribution in [0.2, 0.25) is 0 Å². The lowest BCUT2D eigenvalue weighted by atomic mass is 9.76. The number of ether oxygens (including phenoxy) is 1. The molecule has 1 aromatic rings. The van der Waals surface area contributed by atoms with Crippen molar-refractivity contribution in [3.63, 3.8) is 0 Å². The summed E-state index contributed by atoms with van der Waals surface area (Å²) in [6, 6.07) is 5.51. The van der Waals surface area contributed by atoms with Crippen LogP contribution in [0.15, 0.2) is 29.8 Å². The minimum absolute atomic E-state index is 0.212. The van der Waals surface area contributed by atoms with Crippen LogP contribution in [0, 0.1) is 23.6 Å². The topological polar surface area (TPSA) is 9.23 Å². The van der Waals surface area contributed by atoms with Crippen LogP contribution < -0.4 is 4.74 Å². The molecule has 0 spiro atoms. The molecule has 0 amide bonds. The van der Waals surface area contributed by atoms with Gasteiger partial charge in [0, 0.05) is 0 Å². The molecule has 0 aliphatic heterocycles.